The van der Waals surface area contributed by atoms with Gasteiger partial charge in [-0.1, -0.05) is 66.9 Å². The van der Waals surface area contributed by atoms with Gasteiger partial charge in [-0.3, -0.25) is 38.5 Å². The predicted molar refractivity (Wildman–Crippen MR) is 282 cm³/mol. The van der Waals surface area contributed by atoms with Crippen LogP contribution in [0.15, 0.2) is 34.1 Å². The number of thiazole rings is 1. The average Bonchev–Trinajstić information content (AvgIpc) is 3.84. The second-order valence-electron chi connectivity index (χ2n) is 18.9. The number of carbonyl (C=O) groups is 7. The second-order valence-corrected chi connectivity index (χ2v) is 20.6. The summed E-state index contributed by atoms with van der Waals surface area (Å²) in [6.45, 7) is 15.7. The highest BCUT2D eigenvalue weighted by atomic mass is 79.9. The summed E-state index contributed by atoms with van der Waals surface area (Å²) >= 11 is 4.29. The maximum Gasteiger partial charge on any atom is 0.303 e. The van der Waals surface area contributed by atoms with Crippen LogP contribution in [0.5, 0.6) is 5.75 Å². The lowest BCUT2D eigenvalue weighted by atomic mass is 9.83. The van der Waals surface area contributed by atoms with Gasteiger partial charge < -0.3 is 45.5 Å². The number of benzene rings is 1. The molecule has 2 heterocycles. The molecule has 1 aromatic heterocycles. The zero-order valence-electron chi connectivity index (χ0n) is 43.8. The number of halogens is 1. The van der Waals surface area contributed by atoms with Gasteiger partial charge in [0.1, 0.15) is 16.5 Å². The first-order valence-electron chi connectivity index (χ1n) is 25.4. The van der Waals surface area contributed by atoms with Gasteiger partial charge in [-0.25, -0.2) is 4.98 Å². The summed E-state index contributed by atoms with van der Waals surface area (Å²) < 4.78 is 17.0. The number of amides is 5. The van der Waals surface area contributed by atoms with Crippen LogP contribution in [-0.4, -0.2) is 139 Å². The smallest absolute Gasteiger partial charge is 0.303 e. The van der Waals surface area contributed by atoms with E-state index in [1.54, 1.807) is 29.5 Å². The van der Waals surface area contributed by atoms with E-state index in [1.165, 1.54) is 24.3 Å². The predicted octanol–water partition coefficient (Wildman–Crippen LogP) is 6.86. The number of likely N-dealkylation sites (tertiary alicyclic amines) is 1. The number of likely N-dealkylation sites (N-methyl/N-ethyl adjacent to an activating group) is 1. The molecule has 5 N–H and O–H groups in total. The maximum atomic E-state index is 14.4. The Balaban J connectivity index is 1.57. The molecule has 72 heavy (non-hydrogen) atoms. The number of phenolic OH excluding ortho intramolecular Hbond substituents is 1. The van der Waals surface area contributed by atoms with E-state index in [-0.39, 0.29) is 127 Å². The van der Waals surface area contributed by atoms with E-state index < -0.39 is 29.8 Å². The number of esters is 1. The van der Waals surface area contributed by atoms with Gasteiger partial charge in [0.05, 0.1) is 49.1 Å². The highest BCUT2D eigenvalue weighted by molar-refractivity contribution is 9.12. The fourth-order valence-electron chi connectivity index (χ4n) is 8.54. The summed E-state index contributed by atoms with van der Waals surface area (Å²) in [5, 5.41) is 23.8. The monoisotopic (exact) mass is 1090 g/mol. The maximum absolute atomic E-state index is 14.4. The van der Waals surface area contributed by atoms with Crippen LogP contribution >= 0.6 is 27.3 Å². The molecule has 0 aliphatic carbocycles. The fraction of sp³-hybridized carbons (Fsp3) is 0.654. The number of hydrogen-bond acceptors (Lipinski definition) is 14. The number of Topliss-reactive ketones (excluding diaryl/α,β-unsaturated/α-hetero) is 1. The minimum atomic E-state index is -0.837. The number of hydrogen-bond donors (Lipinski definition) is 5. The average molecular weight is 1090 g/mol. The van der Waals surface area contributed by atoms with Crippen LogP contribution in [0.2, 0.25) is 0 Å². The van der Waals surface area contributed by atoms with Gasteiger partial charge in [-0.05, 0) is 91.2 Å². The number of ether oxygens (including phenoxy) is 3. The zero-order chi connectivity index (χ0) is 53.3. The molecule has 0 spiro atoms. The molecule has 3 rings (SSSR count). The van der Waals surface area contributed by atoms with Crippen LogP contribution in [-0.2, 0) is 49.4 Å². The van der Waals surface area contributed by atoms with Crippen molar-refractivity contribution in [1.82, 2.24) is 30.7 Å². The number of ketones is 1. The molecule has 0 unspecified atom stereocenters. The van der Waals surface area contributed by atoms with Crippen molar-refractivity contribution < 1.29 is 52.9 Å². The highest BCUT2D eigenvalue weighted by Gasteiger charge is 2.38. The molecular weight excluding hydrogens is 1010 g/mol. The number of nitrogens with one attached hydrogen (secondary N) is 4. The van der Waals surface area contributed by atoms with E-state index in [4.69, 9.17) is 14.2 Å². The quantitative estimate of drug-likeness (QED) is 0.0218. The van der Waals surface area contributed by atoms with Crippen molar-refractivity contribution in [3.8, 4) is 5.75 Å². The van der Waals surface area contributed by atoms with Gasteiger partial charge in [-0.15, -0.1) is 11.3 Å². The lowest BCUT2D eigenvalue weighted by Gasteiger charge is -2.37. The lowest BCUT2D eigenvalue weighted by Crippen LogP contribution is -2.48. The summed E-state index contributed by atoms with van der Waals surface area (Å²) in [4.78, 5) is 99.4. The van der Waals surface area contributed by atoms with Crippen LogP contribution in [0, 0.1) is 17.8 Å². The first-order chi connectivity index (χ1) is 34.3. The van der Waals surface area contributed by atoms with Crippen LogP contribution < -0.4 is 21.3 Å². The van der Waals surface area contributed by atoms with Gasteiger partial charge in [0.25, 0.3) is 11.8 Å². The summed E-state index contributed by atoms with van der Waals surface area (Å²) in [5.41, 5.74) is 1.14. The number of anilines is 1. The van der Waals surface area contributed by atoms with E-state index in [9.17, 15) is 38.7 Å². The Morgan fingerprint density at radius 2 is 1.71 bits per heavy atom. The molecule has 1 aromatic carbocycles. The Labute approximate surface area is 438 Å². The number of rotatable bonds is 32. The standard InChI is InChI=1S/C52H80BrN7O11S/c1-10-15-37(27-36-17-18-44(62)40(28-36)57-47(64)19-23-69-25-26-70-24-21-54-48(65)30-39(53)49(66)55-20-11-2)56-50(67)41-32-72-51(58-41)46(71-35(7)61)31-43(33(4)5)60(9)52(68)38(34(6)12-3)29-45(63)42-16-13-14-22-59(42)8/h17-18,28,30,32-34,37-38,42-43,46,62H,10-16,19-27,29,31H2,1-9H3,(H,54,65)(H,55,66)(H,56,67)(H,57,64)/b39-30+/t34-,37+,38-,42+,43+,46+/m0/s1. The van der Waals surface area contributed by atoms with Crippen LogP contribution in [0.1, 0.15) is 140 Å². The van der Waals surface area contributed by atoms with Gasteiger partial charge in [0.15, 0.2) is 11.9 Å². The second kappa shape index (κ2) is 32.4. The molecule has 5 amide bonds. The van der Waals surface area contributed by atoms with E-state index in [2.05, 4.69) is 47.1 Å². The molecule has 0 bridgehead atoms. The topological polar surface area (TPSA) is 235 Å². The van der Waals surface area contributed by atoms with Crippen molar-refractivity contribution >= 4 is 74.2 Å². The Kier molecular flexibility index (Phi) is 27.7. The summed E-state index contributed by atoms with van der Waals surface area (Å²) in [6.07, 6.45) is 6.90. The first kappa shape index (κ1) is 61.5. The van der Waals surface area contributed by atoms with Gasteiger partial charge in [0, 0.05) is 69.4 Å². The Morgan fingerprint density at radius 1 is 0.986 bits per heavy atom. The number of aromatic hydroxyl groups is 1. The molecule has 18 nitrogen and oxygen atoms in total. The largest absolute Gasteiger partial charge is 0.506 e. The Bertz CT molecular complexity index is 2120. The minimum Gasteiger partial charge on any atom is -0.506 e. The van der Waals surface area contributed by atoms with Gasteiger partial charge in [0.2, 0.25) is 17.7 Å². The molecule has 1 aliphatic rings. The van der Waals surface area contributed by atoms with Crippen LogP contribution in [0.3, 0.4) is 0 Å². The highest BCUT2D eigenvalue weighted by Crippen LogP contribution is 2.33. The molecule has 402 valence electrons. The van der Waals surface area contributed by atoms with E-state index >= 15 is 0 Å². The Morgan fingerprint density at radius 3 is 2.36 bits per heavy atom. The fourth-order valence-corrected chi connectivity index (χ4v) is 9.73. The number of phenols is 1. The van der Waals surface area contributed by atoms with Crippen molar-refractivity contribution in [2.75, 3.05) is 65.5 Å². The normalized spacial score (nSPS) is 16.2. The van der Waals surface area contributed by atoms with Crippen molar-refractivity contribution in [3.63, 3.8) is 0 Å². The molecular formula is C52H80BrN7O11S. The number of carbonyl (C=O) groups excluding carboxylic acids is 7. The van der Waals surface area contributed by atoms with Crippen molar-refractivity contribution in [1.29, 1.82) is 0 Å². The summed E-state index contributed by atoms with van der Waals surface area (Å²) in [6, 6.07) is 4.00. The molecule has 1 fully saturated rings. The van der Waals surface area contributed by atoms with Crippen LogP contribution in [0.25, 0.3) is 0 Å². The summed E-state index contributed by atoms with van der Waals surface area (Å²) in [7, 11) is 3.74. The zero-order valence-corrected chi connectivity index (χ0v) is 46.2. The lowest BCUT2D eigenvalue weighted by molar-refractivity contribution is -0.149. The van der Waals surface area contributed by atoms with E-state index in [0.29, 0.717) is 24.4 Å². The SMILES string of the molecule is CCCNC(=O)/C(Br)=C\C(=O)NCCOCCOCCC(=O)Nc1cc(C[C@@H](CCC)NC(=O)c2csc([C@@H](C[C@H](C(C)C)N(C)C(=O)[C@@H](CC(=O)[C@H]3CCCCN3C)[C@@H](C)CC)OC(C)=O)n2)ccc1O. The van der Waals surface area contributed by atoms with Gasteiger partial charge in [-0.2, -0.15) is 0 Å². The molecule has 2 aromatic rings. The van der Waals surface area contributed by atoms with Crippen LogP contribution in [0.4, 0.5) is 5.69 Å². The third-order valence-corrected chi connectivity index (χ3v) is 14.3. The Hall–Kier alpha value is -4.76. The molecule has 20 heteroatoms. The number of piperidine rings is 1. The molecule has 1 aliphatic heterocycles. The van der Waals surface area contributed by atoms with E-state index in [1.807, 2.05) is 48.6 Å². The summed E-state index contributed by atoms with van der Waals surface area (Å²) in [5.74, 6) is -2.81. The van der Waals surface area contributed by atoms with Crippen molar-refractivity contribution in [2.45, 2.75) is 143 Å². The molecule has 1 saturated heterocycles. The number of nitrogens with zero attached hydrogens (tertiary/aromatic N) is 3. The molecule has 6 atom stereocenters. The van der Waals surface area contributed by atoms with Crippen molar-refractivity contribution in [2.24, 2.45) is 17.8 Å². The first-order valence-corrected chi connectivity index (χ1v) is 27.1. The van der Waals surface area contributed by atoms with E-state index in [0.717, 1.165) is 56.7 Å². The third-order valence-electron chi connectivity index (χ3n) is 12.8. The molecule has 0 radical (unpaired) electrons. The molecule has 0 saturated carbocycles. The number of aromatic nitrogens is 1. The van der Waals surface area contributed by atoms with Gasteiger partial charge >= 0.3 is 5.97 Å². The third kappa shape index (κ3) is 21.0. The van der Waals surface area contributed by atoms with Crippen molar-refractivity contribution in [3.05, 3.63) is 50.4 Å². The minimum absolute atomic E-state index is 0.0154.